The second-order valence-corrected chi connectivity index (χ2v) is 4.09. The molecule has 16 heavy (non-hydrogen) atoms. The van der Waals surface area contributed by atoms with Crippen LogP contribution in [0.1, 0.15) is 17.2 Å². The molecule has 0 bridgehead atoms. The lowest BCUT2D eigenvalue weighted by Gasteiger charge is -2.10. The third-order valence-electron chi connectivity index (χ3n) is 3.02. The number of nitrogens with one attached hydrogen (secondary N) is 1. The first-order valence-electron chi connectivity index (χ1n) is 5.46. The molecule has 0 saturated carbocycles. The van der Waals surface area contributed by atoms with Crippen LogP contribution in [0.3, 0.4) is 0 Å². The monoisotopic (exact) mass is 211 g/mol. The Hall–Kier alpha value is -1.80. The van der Waals surface area contributed by atoms with Crippen molar-refractivity contribution >= 4 is 11.4 Å². The molecule has 1 heterocycles. The zero-order chi connectivity index (χ0) is 11.0. The lowest BCUT2D eigenvalue weighted by molar-refractivity contribution is 0.180. The molecule has 80 valence electrons. The maximum atomic E-state index is 10.1. The van der Waals surface area contributed by atoms with Crippen molar-refractivity contribution in [2.24, 2.45) is 0 Å². The number of anilines is 2. The van der Waals surface area contributed by atoms with Crippen molar-refractivity contribution in [1.29, 1.82) is 0 Å². The van der Waals surface area contributed by atoms with E-state index in [2.05, 4.69) is 11.4 Å². The molecule has 2 aromatic rings. The molecule has 0 unspecified atom stereocenters. The zero-order valence-electron chi connectivity index (χ0n) is 8.85. The SMILES string of the molecule is O[C@H]1Cc2ccccc2Nc2ccccc21. The van der Waals surface area contributed by atoms with Crippen molar-refractivity contribution in [3.05, 3.63) is 59.7 Å². The fourth-order valence-corrected chi connectivity index (χ4v) is 2.19. The predicted molar refractivity (Wildman–Crippen MR) is 64.8 cm³/mol. The molecule has 0 amide bonds. The van der Waals surface area contributed by atoms with Crippen LogP contribution in [0.4, 0.5) is 11.4 Å². The van der Waals surface area contributed by atoms with Crippen LogP contribution >= 0.6 is 0 Å². The largest absolute Gasteiger partial charge is 0.388 e. The number of benzene rings is 2. The van der Waals surface area contributed by atoms with Crippen molar-refractivity contribution in [1.82, 2.24) is 0 Å². The van der Waals surface area contributed by atoms with Gasteiger partial charge in [-0.15, -0.1) is 0 Å². The van der Waals surface area contributed by atoms with Gasteiger partial charge in [-0.05, 0) is 17.7 Å². The highest BCUT2D eigenvalue weighted by Crippen LogP contribution is 2.34. The fraction of sp³-hybridized carbons (Fsp3) is 0.143. The summed E-state index contributed by atoms with van der Waals surface area (Å²) in [5, 5.41) is 13.5. The normalized spacial score (nSPS) is 17.9. The van der Waals surface area contributed by atoms with Crippen molar-refractivity contribution in [2.45, 2.75) is 12.5 Å². The molecule has 2 heteroatoms. The minimum atomic E-state index is -0.424. The molecule has 0 fully saturated rings. The lowest BCUT2D eigenvalue weighted by Crippen LogP contribution is -1.99. The number of rotatable bonds is 0. The molecule has 0 spiro atoms. The van der Waals surface area contributed by atoms with Gasteiger partial charge in [-0.2, -0.15) is 0 Å². The predicted octanol–water partition coefficient (Wildman–Crippen LogP) is 3.02. The standard InChI is InChI=1S/C14H13NO/c16-14-9-10-5-1-3-7-12(10)15-13-8-4-2-6-11(13)14/h1-8,14-16H,9H2/t14-/m0/s1. The van der Waals surface area contributed by atoms with E-state index in [9.17, 15) is 5.11 Å². The van der Waals surface area contributed by atoms with E-state index in [4.69, 9.17) is 0 Å². The molecular weight excluding hydrogens is 198 g/mol. The average Bonchev–Trinajstić information content (AvgIpc) is 2.45. The molecule has 2 aromatic carbocycles. The van der Waals surface area contributed by atoms with Crippen molar-refractivity contribution < 1.29 is 5.11 Å². The summed E-state index contributed by atoms with van der Waals surface area (Å²) in [7, 11) is 0. The Morgan fingerprint density at radius 3 is 2.50 bits per heavy atom. The molecule has 1 aliphatic rings. The van der Waals surface area contributed by atoms with Gasteiger partial charge in [0.15, 0.2) is 0 Å². The Morgan fingerprint density at radius 1 is 0.938 bits per heavy atom. The smallest absolute Gasteiger partial charge is 0.0851 e. The van der Waals surface area contributed by atoms with E-state index in [1.807, 2.05) is 42.5 Å². The number of aliphatic hydroxyl groups is 1. The number of para-hydroxylation sites is 2. The third kappa shape index (κ3) is 1.48. The van der Waals surface area contributed by atoms with E-state index in [1.165, 1.54) is 0 Å². The summed E-state index contributed by atoms with van der Waals surface area (Å²) in [6.45, 7) is 0. The van der Waals surface area contributed by atoms with Gasteiger partial charge >= 0.3 is 0 Å². The van der Waals surface area contributed by atoms with Gasteiger partial charge in [0.05, 0.1) is 6.10 Å². The topological polar surface area (TPSA) is 32.3 Å². The maximum Gasteiger partial charge on any atom is 0.0851 e. The summed E-state index contributed by atoms with van der Waals surface area (Å²) in [6.07, 6.45) is 0.243. The molecule has 0 aromatic heterocycles. The number of hydrogen-bond donors (Lipinski definition) is 2. The number of fused-ring (bicyclic) bond motifs is 2. The third-order valence-corrected chi connectivity index (χ3v) is 3.02. The highest BCUT2D eigenvalue weighted by Gasteiger charge is 2.18. The van der Waals surface area contributed by atoms with Crippen LogP contribution < -0.4 is 5.32 Å². The van der Waals surface area contributed by atoms with Crippen LogP contribution in [0.15, 0.2) is 48.5 Å². The summed E-state index contributed by atoms with van der Waals surface area (Å²) in [5.41, 5.74) is 4.22. The van der Waals surface area contributed by atoms with E-state index < -0.39 is 6.10 Å². The first kappa shape index (κ1) is 9.43. The van der Waals surface area contributed by atoms with Crippen molar-refractivity contribution in [2.75, 3.05) is 5.32 Å². The van der Waals surface area contributed by atoms with Gasteiger partial charge in [0.2, 0.25) is 0 Å². The first-order valence-corrected chi connectivity index (χ1v) is 5.46. The van der Waals surface area contributed by atoms with E-state index >= 15 is 0 Å². The van der Waals surface area contributed by atoms with Gasteiger partial charge in [-0.25, -0.2) is 0 Å². The second-order valence-electron chi connectivity index (χ2n) is 4.09. The van der Waals surface area contributed by atoms with Crippen molar-refractivity contribution in [3.63, 3.8) is 0 Å². The number of aliphatic hydroxyl groups excluding tert-OH is 1. The first-order chi connectivity index (χ1) is 7.84. The molecule has 3 rings (SSSR count). The average molecular weight is 211 g/mol. The van der Waals surface area contributed by atoms with Gasteiger partial charge < -0.3 is 10.4 Å². The van der Waals surface area contributed by atoms with Crippen LogP contribution in [0.2, 0.25) is 0 Å². The van der Waals surface area contributed by atoms with Crippen LogP contribution in [0.5, 0.6) is 0 Å². The van der Waals surface area contributed by atoms with E-state index in [0.717, 1.165) is 22.5 Å². The molecule has 1 aliphatic heterocycles. The van der Waals surface area contributed by atoms with E-state index in [-0.39, 0.29) is 0 Å². The van der Waals surface area contributed by atoms with Gasteiger partial charge in [-0.1, -0.05) is 36.4 Å². The van der Waals surface area contributed by atoms with Gasteiger partial charge in [0, 0.05) is 23.4 Å². The molecular formula is C14H13NO. The zero-order valence-corrected chi connectivity index (χ0v) is 8.85. The molecule has 0 radical (unpaired) electrons. The molecule has 2 nitrogen and oxygen atoms in total. The van der Waals surface area contributed by atoms with Crippen LogP contribution in [-0.2, 0) is 6.42 Å². The van der Waals surface area contributed by atoms with Crippen LogP contribution in [0.25, 0.3) is 0 Å². The van der Waals surface area contributed by atoms with Crippen molar-refractivity contribution in [3.8, 4) is 0 Å². The summed E-state index contributed by atoms with van der Waals surface area (Å²) in [4.78, 5) is 0. The van der Waals surface area contributed by atoms with Crippen LogP contribution in [-0.4, -0.2) is 5.11 Å². The van der Waals surface area contributed by atoms with E-state index in [1.54, 1.807) is 0 Å². The molecule has 0 aliphatic carbocycles. The fourth-order valence-electron chi connectivity index (χ4n) is 2.19. The van der Waals surface area contributed by atoms with Gasteiger partial charge in [0.1, 0.15) is 0 Å². The Balaban J connectivity index is 2.15. The highest BCUT2D eigenvalue weighted by molar-refractivity contribution is 5.68. The Labute approximate surface area is 94.6 Å². The molecule has 1 atom stereocenters. The van der Waals surface area contributed by atoms with Crippen LogP contribution in [0, 0.1) is 0 Å². The second kappa shape index (κ2) is 3.65. The molecule has 2 N–H and O–H groups in total. The maximum absolute atomic E-state index is 10.1. The minimum absolute atomic E-state index is 0.424. The van der Waals surface area contributed by atoms with Gasteiger partial charge in [-0.3, -0.25) is 0 Å². The molecule has 0 saturated heterocycles. The summed E-state index contributed by atoms with van der Waals surface area (Å²) < 4.78 is 0. The summed E-state index contributed by atoms with van der Waals surface area (Å²) >= 11 is 0. The van der Waals surface area contributed by atoms with E-state index in [0.29, 0.717) is 6.42 Å². The summed E-state index contributed by atoms with van der Waals surface area (Å²) in [5.74, 6) is 0. The summed E-state index contributed by atoms with van der Waals surface area (Å²) in [6, 6.07) is 16.0. The Morgan fingerprint density at radius 2 is 1.62 bits per heavy atom. The highest BCUT2D eigenvalue weighted by atomic mass is 16.3. The number of hydrogen-bond acceptors (Lipinski definition) is 2. The Bertz CT molecular complexity index is 522. The minimum Gasteiger partial charge on any atom is -0.388 e. The van der Waals surface area contributed by atoms with Gasteiger partial charge in [0.25, 0.3) is 0 Å². The lowest BCUT2D eigenvalue weighted by atomic mass is 10.0. The Kier molecular flexibility index (Phi) is 2.15. The quantitative estimate of drug-likeness (QED) is 0.702.